The van der Waals surface area contributed by atoms with Crippen LogP contribution in [0.5, 0.6) is 5.88 Å². The van der Waals surface area contributed by atoms with Crippen molar-refractivity contribution in [3.63, 3.8) is 0 Å². The van der Waals surface area contributed by atoms with Gasteiger partial charge in [-0.2, -0.15) is 0 Å². The topological polar surface area (TPSA) is 67.8 Å². The van der Waals surface area contributed by atoms with E-state index < -0.39 is 0 Å². The van der Waals surface area contributed by atoms with E-state index in [-0.39, 0.29) is 0 Å². The minimum atomic E-state index is 0.513. The fourth-order valence-electron chi connectivity index (χ4n) is 1.89. The Bertz CT molecular complexity index is 452. The summed E-state index contributed by atoms with van der Waals surface area (Å²) < 4.78 is 10.7. The standard InChI is InChI=1S/C17H30N4O2/c1-4-6-12-23-13-8-11-19-17(18-5-2)20-14-15-9-7-10-16(21-15)22-3/h7,9-10H,4-6,8,11-14H2,1-3H3,(H2,18,19,20). The van der Waals surface area contributed by atoms with Crippen LogP contribution in [0, 0.1) is 0 Å². The monoisotopic (exact) mass is 322 g/mol. The van der Waals surface area contributed by atoms with E-state index in [0.717, 1.165) is 50.8 Å². The summed E-state index contributed by atoms with van der Waals surface area (Å²) in [7, 11) is 1.61. The quantitative estimate of drug-likeness (QED) is 0.372. The molecule has 0 unspecified atom stereocenters. The Kier molecular flexibility index (Phi) is 10.6. The van der Waals surface area contributed by atoms with Gasteiger partial charge < -0.3 is 20.1 Å². The molecule has 0 aliphatic heterocycles. The first-order chi connectivity index (χ1) is 11.3. The maximum absolute atomic E-state index is 5.55. The Labute approximate surface area is 139 Å². The van der Waals surface area contributed by atoms with Gasteiger partial charge in [-0.05, 0) is 25.8 Å². The summed E-state index contributed by atoms with van der Waals surface area (Å²) in [5.41, 5.74) is 0.879. The van der Waals surface area contributed by atoms with Crippen molar-refractivity contribution in [2.45, 2.75) is 39.7 Å². The fraction of sp³-hybridized carbons (Fsp3) is 0.647. The van der Waals surface area contributed by atoms with Gasteiger partial charge in [0.1, 0.15) is 0 Å². The molecule has 1 aromatic heterocycles. The van der Waals surface area contributed by atoms with Crippen LogP contribution in [-0.4, -0.2) is 44.4 Å². The second kappa shape index (κ2) is 12.7. The summed E-state index contributed by atoms with van der Waals surface area (Å²) in [6, 6.07) is 5.69. The summed E-state index contributed by atoms with van der Waals surface area (Å²) in [4.78, 5) is 8.90. The Morgan fingerprint density at radius 3 is 2.74 bits per heavy atom. The van der Waals surface area contributed by atoms with E-state index in [4.69, 9.17) is 9.47 Å². The molecule has 6 nitrogen and oxygen atoms in total. The third-order valence-electron chi connectivity index (χ3n) is 3.13. The average Bonchev–Trinajstić information content (AvgIpc) is 2.59. The number of unbranched alkanes of at least 4 members (excludes halogenated alkanes) is 1. The van der Waals surface area contributed by atoms with Crippen LogP contribution in [0.2, 0.25) is 0 Å². The minimum absolute atomic E-state index is 0.513. The van der Waals surface area contributed by atoms with Crippen molar-refractivity contribution >= 4 is 5.96 Å². The highest BCUT2D eigenvalue weighted by molar-refractivity contribution is 5.79. The van der Waals surface area contributed by atoms with Crippen molar-refractivity contribution in [2.24, 2.45) is 4.99 Å². The van der Waals surface area contributed by atoms with Crippen LogP contribution < -0.4 is 15.4 Å². The predicted octanol–water partition coefficient (Wildman–Crippen LogP) is 2.35. The molecule has 0 aromatic carbocycles. The molecule has 0 fully saturated rings. The number of methoxy groups -OCH3 is 1. The molecule has 130 valence electrons. The lowest BCUT2D eigenvalue weighted by atomic mass is 10.3. The molecule has 0 bridgehead atoms. The zero-order valence-electron chi connectivity index (χ0n) is 14.6. The van der Waals surface area contributed by atoms with E-state index in [1.54, 1.807) is 7.11 Å². The van der Waals surface area contributed by atoms with Crippen LogP contribution in [0.1, 0.15) is 38.8 Å². The SMILES string of the molecule is CCCCOCCCNC(=NCc1cccc(OC)n1)NCC. The van der Waals surface area contributed by atoms with Crippen molar-refractivity contribution in [1.29, 1.82) is 0 Å². The van der Waals surface area contributed by atoms with Gasteiger partial charge in [-0.1, -0.05) is 19.4 Å². The second-order valence-electron chi connectivity index (χ2n) is 5.11. The van der Waals surface area contributed by atoms with Crippen LogP contribution in [0.25, 0.3) is 0 Å². The molecule has 0 saturated carbocycles. The largest absolute Gasteiger partial charge is 0.481 e. The number of nitrogens with one attached hydrogen (secondary N) is 2. The van der Waals surface area contributed by atoms with Crippen molar-refractivity contribution in [2.75, 3.05) is 33.4 Å². The Morgan fingerprint density at radius 2 is 2.00 bits per heavy atom. The second-order valence-corrected chi connectivity index (χ2v) is 5.11. The van der Waals surface area contributed by atoms with Crippen molar-refractivity contribution < 1.29 is 9.47 Å². The van der Waals surface area contributed by atoms with Crippen LogP contribution in [-0.2, 0) is 11.3 Å². The number of hydrogen-bond acceptors (Lipinski definition) is 4. The third-order valence-corrected chi connectivity index (χ3v) is 3.13. The van der Waals surface area contributed by atoms with E-state index in [1.165, 1.54) is 6.42 Å². The molecule has 0 saturated heterocycles. The maximum atomic E-state index is 5.55. The highest BCUT2D eigenvalue weighted by Gasteiger charge is 2.00. The average molecular weight is 322 g/mol. The van der Waals surface area contributed by atoms with E-state index in [1.807, 2.05) is 18.2 Å². The van der Waals surface area contributed by atoms with Crippen molar-refractivity contribution in [1.82, 2.24) is 15.6 Å². The molecule has 6 heteroatoms. The number of aromatic nitrogens is 1. The van der Waals surface area contributed by atoms with Gasteiger partial charge in [0.15, 0.2) is 5.96 Å². The lowest BCUT2D eigenvalue weighted by Crippen LogP contribution is -2.38. The highest BCUT2D eigenvalue weighted by Crippen LogP contribution is 2.07. The molecule has 0 aliphatic carbocycles. The van der Waals surface area contributed by atoms with Gasteiger partial charge in [-0.15, -0.1) is 0 Å². The lowest BCUT2D eigenvalue weighted by molar-refractivity contribution is 0.129. The summed E-state index contributed by atoms with van der Waals surface area (Å²) in [5.74, 6) is 1.41. The number of aliphatic imine (C=N–C) groups is 1. The Hall–Kier alpha value is -1.82. The Balaban J connectivity index is 2.34. The first kappa shape index (κ1) is 19.2. The minimum Gasteiger partial charge on any atom is -0.481 e. The number of rotatable bonds is 11. The maximum Gasteiger partial charge on any atom is 0.213 e. The van der Waals surface area contributed by atoms with E-state index in [0.29, 0.717) is 12.4 Å². The first-order valence-corrected chi connectivity index (χ1v) is 8.40. The molecule has 23 heavy (non-hydrogen) atoms. The van der Waals surface area contributed by atoms with Crippen LogP contribution >= 0.6 is 0 Å². The zero-order valence-corrected chi connectivity index (χ0v) is 14.6. The van der Waals surface area contributed by atoms with Gasteiger partial charge in [-0.25, -0.2) is 9.98 Å². The van der Waals surface area contributed by atoms with Gasteiger partial charge in [0.2, 0.25) is 5.88 Å². The molecule has 1 rings (SSSR count). The molecular formula is C17H30N4O2. The zero-order chi connectivity index (χ0) is 16.8. The van der Waals surface area contributed by atoms with Gasteiger partial charge in [0.05, 0.1) is 19.3 Å². The molecular weight excluding hydrogens is 292 g/mol. The van der Waals surface area contributed by atoms with Gasteiger partial charge >= 0.3 is 0 Å². The van der Waals surface area contributed by atoms with E-state index in [9.17, 15) is 0 Å². The Morgan fingerprint density at radius 1 is 1.17 bits per heavy atom. The molecule has 0 amide bonds. The number of guanidine groups is 1. The predicted molar refractivity (Wildman–Crippen MR) is 94.0 cm³/mol. The van der Waals surface area contributed by atoms with Gasteiger partial charge in [-0.3, -0.25) is 0 Å². The summed E-state index contributed by atoms with van der Waals surface area (Å²) >= 11 is 0. The van der Waals surface area contributed by atoms with Crippen molar-refractivity contribution in [3.8, 4) is 5.88 Å². The highest BCUT2D eigenvalue weighted by atomic mass is 16.5. The van der Waals surface area contributed by atoms with Gasteiger partial charge in [0, 0.05) is 32.4 Å². The first-order valence-electron chi connectivity index (χ1n) is 8.40. The van der Waals surface area contributed by atoms with Crippen molar-refractivity contribution in [3.05, 3.63) is 23.9 Å². The number of pyridine rings is 1. The molecule has 1 heterocycles. The number of nitrogens with zero attached hydrogens (tertiary/aromatic N) is 2. The summed E-state index contributed by atoms with van der Waals surface area (Å²) in [6.07, 6.45) is 3.27. The molecule has 2 N–H and O–H groups in total. The molecule has 0 aliphatic rings. The van der Waals surface area contributed by atoms with E-state index in [2.05, 4.69) is 34.5 Å². The van der Waals surface area contributed by atoms with Gasteiger partial charge in [0.25, 0.3) is 0 Å². The fourth-order valence-corrected chi connectivity index (χ4v) is 1.89. The molecule has 1 aromatic rings. The lowest BCUT2D eigenvalue weighted by Gasteiger charge is -2.11. The summed E-state index contributed by atoms with van der Waals surface area (Å²) in [6.45, 7) is 8.03. The smallest absolute Gasteiger partial charge is 0.213 e. The third kappa shape index (κ3) is 9.03. The number of ether oxygens (including phenoxy) is 2. The normalized spacial score (nSPS) is 11.3. The molecule has 0 radical (unpaired) electrons. The van der Waals surface area contributed by atoms with Crippen LogP contribution in [0.15, 0.2) is 23.2 Å². The van der Waals surface area contributed by atoms with Crippen LogP contribution in [0.3, 0.4) is 0 Å². The number of hydrogen-bond donors (Lipinski definition) is 2. The van der Waals surface area contributed by atoms with Crippen LogP contribution in [0.4, 0.5) is 0 Å². The molecule has 0 spiro atoms. The summed E-state index contributed by atoms with van der Waals surface area (Å²) in [5, 5.41) is 6.54. The van der Waals surface area contributed by atoms with E-state index >= 15 is 0 Å². The molecule has 0 atom stereocenters.